The minimum absolute atomic E-state index is 0.713. The summed E-state index contributed by atoms with van der Waals surface area (Å²) in [5.41, 5.74) is 0.972. The van der Waals surface area contributed by atoms with Gasteiger partial charge in [-0.25, -0.2) is 0 Å². The zero-order valence-corrected chi connectivity index (χ0v) is 11.8. The third-order valence-electron chi connectivity index (χ3n) is 2.90. The lowest BCUT2D eigenvalue weighted by Crippen LogP contribution is -2.41. The molecule has 0 atom stereocenters. The molecule has 0 spiro atoms. The van der Waals surface area contributed by atoms with Gasteiger partial charge in [0.05, 0.1) is 13.2 Å². The van der Waals surface area contributed by atoms with Crippen molar-refractivity contribution in [1.82, 2.24) is 10.2 Å². The van der Waals surface area contributed by atoms with E-state index in [1.165, 1.54) is 0 Å². The zero-order valence-electron chi connectivity index (χ0n) is 10.2. The van der Waals surface area contributed by atoms with Crippen LogP contribution in [0.4, 0.5) is 0 Å². The number of rotatable bonds is 4. The lowest BCUT2D eigenvalue weighted by Gasteiger charge is -2.26. The molecule has 0 radical (unpaired) electrons. The van der Waals surface area contributed by atoms with E-state index in [1.54, 1.807) is 0 Å². The van der Waals surface area contributed by atoms with Crippen LogP contribution < -0.4 is 5.32 Å². The summed E-state index contributed by atoms with van der Waals surface area (Å²) in [6.45, 7) is 5.52. The number of nitrogens with one attached hydrogen (secondary N) is 1. The third-order valence-corrected chi connectivity index (χ3v) is 3.52. The van der Waals surface area contributed by atoms with Crippen LogP contribution in [0.15, 0.2) is 24.3 Å². The second-order valence-corrected chi connectivity index (χ2v) is 5.06. The molecule has 1 fully saturated rings. The Bertz CT molecular complexity index is 408. The Hall–Kier alpha value is -0.680. The Kier molecular flexibility index (Phi) is 5.38. The first-order chi connectivity index (χ1) is 8.75. The standard InChI is InChI=1S/C13H17ClN2OS/c14-12-3-1-2-11(10-12)13(18)15-4-5-16-6-8-17-9-7-16/h1-3,10H,4-9H2,(H,15,18). The van der Waals surface area contributed by atoms with Crippen molar-refractivity contribution in [3.63, 3.8) is 0 Å². The van der Waals surface area contributed by atoms with Gasteiger partial charge in [-0.15, -0.1) is 0 Å². The molecule has 1 aliphatic heterocycles. The first-order valence-corrected chi connectivity index (χ1v) is 6.88. The average molecular weight is 285 g/mol. The van der Waals surface area contributed by atoms with Crippen LogP contribution in [0, 0.1) is 0 Å². The summed E-state index contributed by atoms with van der Waals surface area (Å²) in [6, 6.07) is 7.61. The van der Waals surface area contributed by atoms with Gasteiger partial charge >= 0.3 is 0 Å². The molecule has 1 aliphatic rings. The highest BCUT2D eigenvalue weighted by molar-refractivity contribution is 7.80. The maximum Gasteiger partial charge on any atom is 0.106 e. The van der Waals surface area contributed by atoms with E-state index in [1.807, 2.05) is 24.3 Å². The van der Waals surface area contributed by atoms with E-state index in [4.69, 9.17) is 28.6 Å². The molecule has 1 heterocycles. The molecule has 2 rings (SSSR count). The van der Waals surface area contributed by atoms with E-state index >= 15 is 0 Å². The first-order valence-electron chi connectivity index (χ1n) is 6.09. The highest BCUT2D eigenvalue weighted by atomic mass is 35.5. The van der Waals surface area contributed by atoms with Gasteiger partial charge < -0.3 is 10.1 Å². The number of hydrogen-bond acceptors (Lipinski definition) is 3. The number of nitrogens with zero attached hydrogens (tertiary/aromatic N) is 1. The third kappa shape index (κ3) is 4.21. The van der Waals surface area contributed by atoms with Crippen LogP contribution in [0.2, 0.25) is 5.02 Å². The predicted molar refractivity (Wildman–Crippen MR) is 78.4 cm³/mol. The van der Waals surface area contributed by atoms with Gasteiger partial charge in [0.15, 0.2) is 0 Å². The van der Waals surface area contributed by atoms with Gasteiger partial charge in [0, 0.05) is 36.8 Å². The van der Waals surface area contributed by atoms with Gasteiger partial charge in [-0.2, -0.15) is 0 Å². The van der Waals surface area contributed by atoms with Crippen LogP contribution in [0.1, 0.15) is 5.56 Å². The molecule has 0 unspecified atom stereocenters. The van der Waals surface area contributed by atoms with Gasteiger partial charge in [-0.3, -0.25) is 4.90 Å². The fourth-order valence-electron chi connectivity index (χ4n) is 1.88. The van der Waals surface area contributed by atoms with Crippen molar-refractivity contribution in [2.45, 2.75) is 0 Å². The second kappa shape index (κ2) is 7.04. The van der Waals surface area contributed by atoms with Gasteiger partial charge in [-0.1, -0.05) is 36.0 Å². The molecule has 98 valence electrons. The monoisotopic (exact) mass is 284 g/mol. The Morgan fingerprint density at radius 3 is 2.89 bits per heavy atom. The Morgan fingerprint density at radius 2 is 2.17 bits per heavy atom. The molecule has 0 saturated carbocycles. The van der Waals surface area contributed by atoms with E-state index in [-0.39, 0.29) is 0 Å². The van der Waals surface area contributed by atoms with Crippen molar-refractivity contribution in [3.8, 4) is 0 Å². The van der Waals surface area contributed by atoms with Gasteiger partial charge in [-0.05, 0) is 12.1 Å². The summed E-state index contributed by atoms with van der Waals surface area (Å²) in [7, 11) is 0. The minimum Gasteiger partial charge on any atom is -0.379 e. The number of morpholine rings is 1. The zero-order chi connectivity index (χ0) is 12.8. The van der Waals surface area contributed by atoms with Crippen molar-refractivity contribution in [1.29, 1.82) is 0 Å². The molecule has 1 aromatic rings. The molecule has 1 N–H and O–H groups in total. The van der Waals surface area contributed by atoms with Crippen LogP contribution in [-0.2, 0) is 4.74 Å². The first kappa shape index (κ1) is 13.7. The fourth-order valence-corrected chi connectivity index (χ4v) is 2.30. The average Bonchev–Trinajstić information content (AvgIpc) is 2.40. The molecule has 0 aromatic heterocycles. The van der Waals surface area contributed by atoms with Crippen LogP contribution in [-0.4, -0.2) is 49.3 Å². The van der Waals surface area contributed by atoms with Crippen LogP contribution in [0.5, 0.6) is 0 Å². The van der Waals surface area contributed by atoms with Crippen molar-refractivity contribution in [3.05, 3.63) is 34.9 Å². The highest BCUT2D eigenvalue weighted by Crippen LogP contribution is 2.10. The maximum absolute atomic E-state index is 5.94. The summed E-state index contributed by atoms with van der Waals surface area (Å²) >= 11 is 11.3. The maximum atomic E-state index is 5.94. The van der Waals surface area contributed by atoms with Crippen molar-refractivity contribution in [2.24, 2.45) is 0 Å². The van der Waals surface area contributed by atoms with Crippen LogP contribution in [0.3, 0.4) is 0 Å². The van der Waals surface area contributed by atoms with E-state index in [0.29, 0.717) is 5.02 Å². The molecule has 0 bridgehead atoms. The molecular weight excluding hydrogens is 268 g/mol. The summed E-state index contributed by atoms with van der Waals surface area (Å²) in [4.78, 5) is 3.13. The highest BCUT2D eigenvalue weighted by Gasteiger charge is 2.09. The van der Waals surface area contributed by atoms with Crippen LogP contribution in [0.25, 0.3) is 0 Å². The van der Waals surface area contributed by atoms with Gasteiger partial charge in [0.25, 0.3) is 0 Å². The Labute approximate surface area is 118 Å². The van der Waals surface area contributed by atoms with E-state index in [2.05, 4.69) is 10.2 Å². The van der Waals surface area contributed by atoms with Crippen molar-refractivity contribution >= 4 is 28.8 Å². The summed E-state index contributed by atoms with van der Waals surface area (Å²) < 4.78 is 5.31. The van der Waals surface area contributed by atoms with E-state index in [9.17, 15) is 0 Å². The van der Waals surface area contributed by atoms with E-state index < -0.39 is 0 Å². The van der Waals surface area contributed by atoms with Crippen LogP contribution >= 0.6 is 23.8 Å². The second-order valence-electron chi connectivity index (χ2n) is 4.22. The molecule has 3 nitrogen and oxygen atoms in total. The number of ether oxygens (including phenoxy) is 1. The predicted octanol–water partition coefficient (Wildman–Crippen LogP) is 1.94. The molecular formula is C13H17ClN2OS. The molecule has 0 aliphatic carbocycles. The molecule has 5 heteroatoms. The minimum atomic E-state index is 0.713. The van der Waals surface area contributed by atoms with Crippen molar-refractivity contribution < 1.29 is 4.74 Å². The fraction of sp³-hybridized carbons (Fsp3) is 0.462. The van der Waals surface area contributed by atoms with Gasteiger partial charge in [0.1, 0.15) is 4.99 Å². The van der Waals surface area contributed by atoms with E-state index in [0.717, 1.165) is 49.9 Å². The van der Waals surface area contributed by atoms with Crippen molar-refractivity contribution in [2.75, 3.05) is 39.4 Å². The summed E-state index contributed by atoms with van der Waals surface area (Å²) in [6.07, 6.45) is 0. The number of thiocarbonyl (C=S) groups is 1. The lowest BCUT2D eigenvalue weighted by atomic mass is 10.2. The summed E-state index contributed by atoms with van der Waals surface area (Å²) in [5.74, 6) is 0. The lowest BCUT2D eigenvalue weighted by molar-refractivity contribution is 0.0389. The molecule has 18 heavy (non-hydrogen) atoms. The topological polar surface area (TPSA) is 24.5 Å². The number of halogens is 1. The molecule has 0 amide bonds. The largest absolute Gasteiger partial charge is 0.379 e. The smallest absolute Gasteiger partial charge is 0.106 e. The summed E-state index contributed by atoms with van der Waals surface area (Å²) in [5, 5.41) is 3.98. The number of benzene rings is 1. The van der Waals surface area contributed by atoms with Gasteiger partial charge in [0.2, 0.25) is 0 Å². The molecule has 1 aromatic carbocycles. The Morgan fingerprint density at radius 1 is 1.39 bits per heavy atom. The number of hydrogen-bond donors (Lipinski definition) is 1. The SMILES string of the molecule is S=C(NCCN1CCOCC1)c1cccc(Cl)c1. The Balaban J connectivity index is 1.74. The molecule has 1 saturated heterocycles. The quantitative estimate of drug-likeness (QED) is 0.854. The normalized spacial score (nSPS) is 16.5.